The quantitative estimate of drug-likeness (QED) is 0.236. The van der Waals surface area contributed by atoms with E-state index in [0.717, 1.165) is 11.4 Å². The van der Waals surface area contributed by atoms with Crippen molar-refractivity contribution in [1.82, 2.24) is 9.80 Å². The Morgan fingerprint density at radius 2 is 1.39 bits per heavy atom. The van der Waals surface area contributed by atoms with E-state index < -0.39 is 27.7 Å². The van der Waals surface area contributed by atoms with Crippen LogP contribution >= 0.6 is 12.2 Å². The van der Waals surface area contributed by atoms with Crippen molar-refractivity contribution in [3.63, 3.8) is 0 Å². The highest BCUT2D eigenvalue weighted by molar-refractivity contribution is 7.85. The van der Waals surface area contributed by atoms with E-state index >= 15 is 0 Å². The van der Waals surface area contributed by atoms with Gasteiger partial charge in [0.1, 0.15) is 11.4 Å². The highest BCUT2D eigenvalue weighted by Crippen LogP contribution is 2.41. The van der Waals surface area contributed by atoms with Gasteiger partial charge in [-0.15, -0.1) is 0 Å². The number of benzene rings is 1. The number of carbonyl (C=O) groups is 2. The van der Waals surface area contributed by atoms with E-state index in [1.807, 2.05) is 41.0 Å². The number of thiocarbonyl (C=S) groups is 1. The van der Waals surface area contributed by atoms with E-state index in [1.165, 1.54) is 15.9 Å². The zero-order valence-corrected chi connectivity index (χ0v) is 20.5. The second-order valence-electron chi connectivity index (χ2n) is 7.49. The largest absolute Gasteiger partial charge is 0.748 e. The predicted octanol–water partition coefficient (Wildman–Crippen LogP) is 2.03. The van der Waals surface area contributed by atoms with E-state index in [4.69, 9.17) is 12.2 Å². The first kappa shape index (κ1) is 24.9. The van der Waals surface area contributed by atoms with E-state index in [2.05, 4.69) is 0 Å². The summed E-state index contributed by atoms with van der Waals surface area (Å²) in [5.74, 6) is -0.681. The minimum atomic E-state index is -4.33. The molecule has 1 saturated heterocycles. The first-order valence-electron chi connectivity index (χ1n) is 10.8. The van der Waals surface area contributed by atoms with Crippen molar-refractivity contribution < 1.29 is 22.6 Å². The molecule has 0 saturated carbocycles. The Bertz CT molecular complexity index is 1100. The van der Waals surface area contributed by atoms with Crippen LogP contribution in [0.4, 0.5) is 11.4 Å². The fourth-order valence-electron chi connectivity index (χ4n) is 4.02. The third-order valence-electron chi connectivity index (χ3n) is 5.55. The molecule has 0 N–H and O–H groups in total. The van der Waals surface area contributed by atoms with Crippen LogP contribution < -0.4 is 9.80 Å². The molecule has 178 valence electrons. The molecular weight excluding hydrogens is 464 g/mol. The number of amides is 2. The third-order valence-corrected chi connectivity index (χ3v) is 6.78. The van der Waals surface area contributed by atoms with Gasteiger partial charge < -0.3 is 14.4 Å². The maximum absolute atomic E-state index is 12.9. The molecule has 0 spiro atoms. The summed E-state index contributed by atoms with van der Waals surface area (Å²) in [6.07, 6.45) is 3.33. The van der Waals surface area contributed by atoms with Gasteiger partial charge in [0.25, 0.3) is 11.8 Å². The van der Waals surface area contributed by atoms with Gasteiger partial charge in [0.05, 0.1) is 21.5 Å². The number of carbonyl (C=O) groups excluding carboxylic acids is 2. The molecule has 33 heavy (non-hydrogen) atoms. The average Bonchev–Trinajstić information content (AvgIpc) is 3.06. The number of hydrogen-bond donors (Lipinski definition) is 0. The van der Waals surface area contributed by atoms with Crippen molar-refractivity contribution >= 4 is 50.6 Å². The molecule has 1 aromatic carbocycles. The predicted molar refractivity (Wildman–Crippen MR) is 130 cm³/mol. The maximum atomic E-state index is 12.9. The Kier molecular flexibility index (Phi) is 7.55. The fourth-order valence-corrected chi connectivity index (χ4v) is 4.93. The first-order valence-corrected chi connectivity index (χ1v) is 12.8. The van der Waals surface area contributed by atoms with Crippen LogP contribution in [0.15, 0.2) is 47.8 Å². The molecule has 1 fully saturated rings. The van der Waals surface area contributed by atoms with Crippen molar-refractivity contribution in [3.8, 4) is 0 Å². The number of para-hydroxylation sites is 2. The lowest BCUT2D eigenvalue weighted by molar-refractivity contribution is -0.133. The van der Waals surface area contributed by atoms with Crippen LogP contribution in [-0.2, 0) is 19.7 Å². The lowest BCUT2D eigenvalue weighted by Crippen LogP contribution is -2.55. The molecular formula is C22H27N4O5S2-. The number of hydrogen-bond acceptors (Lipinski definition) is 8. The zero-order chi connectivity index (χ0) is 24.3. The average molecular weight is 492 g/mol. The molecule has 2 amide bonds. The van der Waals surface area contributed by atoms with Gasteiger partial charge in [-0.25, -0.2) is 8.42 Å². The Labute approximate surface area is 199 Å². The Morgan fingerprint density at radius 1 is 0.879 bits per heavy atom. The second kappa shape index (κ2) is 10.0. The molecule has 0 aliphatic carbocycles. The summed E-state index contributed by atoms with van der Waals surface area (Å²) >= 11 is 5.30. The number of fused-ring (bicyclic) bond motifs is 1. The van der Waals surface area contributed by atoms with Crippen LogP contribution in [0.3, 0.4) is 0 Å². The standard InChI is InChI=1S/C22H28N4O5S2/c1-4-23-17-10-7-8-11-18(17)26(14-9-15-33(29,30)31)19(23)13-12-16-20(27)24(5-2)22(32)25(6-3)21(16)28/h7-8,10-13H,4-6,9,14-15H2,1-3H3,(H,29,30,31)/p-1. The lowest BCUT2D eigenvalue weighted by Gasteiger charge is -2.35. The van der Waals surface area contributed by atoms with Crippen LogP contribution in [0.5, 0.6) is 0 Å². The lowest BCUT2D eigenvalue weighted by atomic mass is 10.1. The SMILES string of the molecule is CCN1C(=O)C(=CC=C2N(CC)c3ccccc3N2CCCS(=O)(=O)[O-])C(=O)N(CC)C1=S. The number of allylic oxidation sites excluding steroid dienone is 2. The molecule has 2 heterocycles. The highest BCUT2D eigenvalue weighted by Gasteiger charge is 2.38. The van der Waals surface area contributed by atoms with Crippen molar-refractivity contribution in [1.29, 1.82) is 0 Å². The zero-order valence-electron chi connectivity index (χ0n) is 18.9. The molecule has 3 rings (SSSR count). The Balaban J connectivity index is 2.02. The molecule has 0 radical (unpaired) electrons. The monoisotopic (exact) mass is 491 g/mol. The van der Waals surface area contributed by atoms with Gasteiger partial charge in [-0.1, -0.05) is 12.1 Å². The summed E-state index contributed by atoms with van der Waals surface area (Å²) < 4.78 is 33.3. The van der Waals surface area contributed by atoms with Gasteiger partial charge in [0.2, 0.25) is 0 Å². The second-order valence-corrected chi connectivity index (χ2v) is 9.38. The van der Waals surface area contributed by atoms with E-state index in [-0.39, 0.29) is 23.7 Å². The summed E-state index contributed by atoms with van der Waals surface area (Å²) in [5, 5.41) is 0.198. The van der Waals surface area contributed by atoms with E-state index in [0.29, 0.717) is 25.5 Å². The molecule has 2 aliphatic rings. The topological polar surface area (TPSA) is 104 Å². The van der Waals surface area contributed by atoms with Gasteiger partial charge >= 0.3 is 0 Å². The number of anilines is 2. The van der Waals surface area contributed by atoms with Crippen LogP contribution in [-0.4, -0.2) is 71.6 Å². The van der Waals surface area contributed by atoms with Crippen LogP contribution in [0, 0.1) is 0 Å². The number of likely N-dealkylation sites (N-methyl/N-ethyl adjacent to an activating group) is 2. The van der Waals surface area contributed by atoms with Crippen LogP contribution in [0.2, 0.25) is 0 Å². The molecule has 1 aromatic rings. The fraction of sp³-hybridized carbons (Fsp3) is 0.409. The van der Waals surface area contributed by atoms with Crippen molar-refractivity contribution in [2.75, 3.05) is 41.7 Å². The number of rotatable bonds is 8. The van der Waals surface area contributed by atoms with E-state index in [1.54, 1.807) is 19.9 Å². The van der Waals surface area contributed by atoms with Crippen molar-refractivity contribution in [2.45, 2.75) is 27.2 Å². The highest BCUT2D eigenvalue weighted by atomic mass is 32.2. The summed E-state index contributed by atoms with van der Waals surface area (Å²) in [6.45, 7) is 7.14. The minimum absolute atomic E-state index is 0.00824. The molecule has 0 aromatic heterocycles. The summed E-state index contributed by atoms with van der Waals surface area (Å²) in [4.78, 5) is 32.6. The summed E-state index contributed by atoms with van der Waals surface area (Å²) in [6, 6.07) is 7.62. The number of nitrogens with zero attached hydrogens (tertiary/aromatic N) is 4. The van der Waals surface area contributed by atoms with Gasteiger partial charge in [-0.05, 0) is 63.7 Å². The van der Waals surface area contributed by atoms with Crippen molar-refractivity contribution in [2.24, 2.45) is 0 Å². The first-order chi connectivity index (χ1) is 15.6. The van der Waals surface area contributed by atoms with Gasteiger partial charge in [-0.2, -0.15) is 0 Å². The van der Waals surface area contributed by atoms with Gasteiger partial charge in [0.15, 0.2) is 5.11 Å². The van der Waals surface area contributed by atoms with Gasteiger partial charge in [-0.3, -0.25) is 19.4 Å². The smallest absolute Gasteiger partial charge is 0.265 e. The molecule has 0 atom stereocenters. The summed E-state index contributed by atoms with van der Waals surface area (Å²) in [7, 11) is -4.33. The van der Waals surface area contributed by atoms with E-state index in [9.17, 15) is 22.6 Å². The third kappa shape index (κ3) is 4.94. The Hall–Kier alpha value is -2.76. The maximum Gasteiger partial charge on any atom is 0.265 e. The molecule has 2 aliphatic heterocycles. The molecule has 0 unspecified atom stereocenters. The Morgan fingerprint density at radius 3 is 1.88 bits per heavy atom. The minimum Gasteiger partial charge on any atom is -0.748 e. The molecule has 0 bridgehead atoms. The molecule has 11 heteroatoms. The summed E-state index contributed by atoms with van der Waals surface area (Å²) in [5.41, 5.74) is 1.79. The normalized spacial score (nSPS) is 18.0. The van der Waals surface area contributed by atoms with Crippen LogP contribution in [0.1, 0.15) is 27.2 Å². The van der Waals surface area contributed by atoms with Crippen molar-refractivity contribution in [3.05, 3.63) is 47.8 Å². The molecule has 9 nitrogen and oxygen atoms in total. The van der Waals surface area contributed by atoms with Crippen LogP contribution in [0.25, 0.3) is 0 Å². The van der Waals surface area contributed by atoms with Gasteiger partial charge in [0, 0.05) is 31.9 Å².